The van der Waals surface area contributed by atoms with Crippen molar-refractivity contribution in [3.8, 4) is 11.5 Å². The lowest BCUT2D eigenvalue weighted by Gasteiger charge is -2.09. The van der Waals surface area contributed by atoms with Crippen LogP contribution in [0.1, 0.15) is 5.56 Å². The lowest BCUT2D eigenvalue weighted by molar-refractivity contribution is -0.118. The maximum atomic E-state index is 13.6. The van der Waals surface area contributed by atoms with E-state index in [2.05, 4.69) is 5.32 Å². The van der Waals surface area contributed by atoms with E-state index in [4.69, 9.17) is 9.47 Å². The Morgan fingerprint density at radius 2 is 1.95 bits per heavy atom. The Balaban J connectivity index is 1.92. The predicted octanol–water partition coefficient (Wildman–Crippen LogP) is 3.16. The molecular weight excluding hydrogens is 273 g/mol. The van der Waals surface area contributed by atoms with Gasteiger partial charge in [-0.05, 0) is 36.8 Å². The van der Waals surface area contributed by atoms with E-state index < -0.39 is 11.7 Å². The van der Waals surface area contributed by atoms with Gasteiger partial charge in [-0.3, -0.25) is 4.79 Å². The van der Waals surface area contributed by atoms with Gasteiger partial charge in [0.25, 0.3) is 5.91 Å². The molecule has 2 aromatic carbocycles. The quantitative estimate of drug-likeness (QED) is 0.919. The van der Waals surface area contributed by atoms with Gasteiger partial charge in [-0.25, -0.2) is 4.39 Å². The highest BCUT2D eigenvalue weighted by Gasteiger charge is 2.08. The van der Waals surface area contributed by atoms with Crippen LogP contribution in [-0.2, 0) is 4.79 Å². The Hall–Kier alpha value is -2.56. The van der Waals surface area contributed by atoms with Crippen molar-refractivity contribution < 1.29 is 18.7 Å². The third-order valence-electron chi connectivity index (χ3n) is 2.81. The summed E-state index contributed by atoms with van der Waals surface area (Å²) in [6.45, 7) is 1.57. The SMILES string of the molecule is COc1cccc(OCC(=O)Nc2ccc(C)cc2F)c1. The number of ether oxygens (including phenoxy) is 2. The molecule has 0 spiro atoms. The van der Waals surface area contributed by atoms with Crippen molar-refractivity contribution in [2.24, 2.45) is 0 Å². The van der Waals surface area contributed by atoms with Crippen LogP contribution in [0.25, 0.3) is 0 Å². The molecule has 5 heteroatoms. The summed E-state index contributed by atoms with van der Waals surface area (Å²) in [7, 11) is 1.55. The topological polar surface area (TPSA) is 47.6 Å². The highest BCUT2D eigenvalue weighted by atomic mass is 19.1. The van der Waals surface area contributed by atoms with Crippen molar-refractivity contribution in [2.75, 3.05) is 19.0 Å². The van der Waals surface area contributed by atoms with Crippen LogP contribution in [0.5, 0.6) is 11.5 Å². The molecule has 0 fully saturated rings. The first-order valence-electron chi connectivity index (χ1n) is 6.41. The van der Waals surface area contributed by atoms with E-state index in [-0.39, 0.29) is 12.3 Å². The molecule has 0 aliphatic heterocycles. The molecule has 0 heterocycles. The number of hydrogen-bond acceptors (Lipinski definition) is 3. The first kappa shape index (κ1) is 14.8. The summed E-state index contributed by atoms with van der Waals surface area (Å²) < 4.78 is 24.0. The Morgan fingerprint density at radius 1 is 1.19 bits per heavy atom. The van der Waals surface area contributed by atoms with Crippen molar-refractivity contribution in [3.63, 3.8) is 0 Å². The number of carbonyl (C=O) groups is 1. The number of aryl methyl sites for hydroxylation is 1. The van der Waals surface area contributed by atoms with Crippen molar-refractivity contribution in [1.29, 1.82) is 0 Å². The van der Waals surface area contributed by atoms with E-state index in [1.54, 1.807) is 44.4 Å². The molecule has 0 bridgehead atoms. The average molecular weight is 289 g/mol. The molecule has 2 aromatic rings. The fourth-order valence-corrected chi connectivity index (χ4v) is 1.75. The molecule has 0 saturated heterocycles. The molecule has 0 aliphatic carbocycles. The van der Waals surface area contributed by atoms with Crippen molar-refractivity contribution in [1.82, 2.24) is 0 Å². The second kappa shape index (κ2) is 6.74. The molecule has 0 aromatic heterocycles. The number of amides is 1. The van der Waals surface area contributed by atoms with E-state index in [0.717, 1.165) is 5.56 Å². The molecule has 1 amide bonds. The first-order chi connectivity index (χ1) is 10.1. The Kier molecular flexibility index (Phi) is 4.77. The van der Waals surface area contributed by atoms with Gasteiger partial charge < -0.3 is 14.8 Å². The lowest BCUT2D eigenvalue weighted by atomic mass is 10.2. The largest absolute Gasteiger partial charge is 0.497 e. The van der Waals surface area contributed by atoms with Gasteiger partial charge in [0.2, 0.25) is 0 Å². The summed E-state index contributed by atoms with van der Waals surface area (Å²) in [5.74, 6) is 0.247. The molecule has 0 aliphatic rings. The van der Waals surface area contributed by atoms with Gasteiger partial charge in [0.05, 0.1) is 12.8 Å². The minimum atomic E-state index is -0.468. The monoisotopic (exact) mass is 289 g/mol. The third-order valence-corrected chi connectivity index (χ3v) is 2.81. The second-order valence-electron chi connectivity index (χ2n) is 4.50. The van der Waals surface area contributed by atoms with Crippen LogP contribution in [0.2, 0.25) is 0 Å². The Morgan fingerprint density at radius 3 is 2.67 bits per heavy atom. The second-order valence-corrected chi connectivity index (χ2v) is 4.50. The Bertz CT molecular complexity index is 643. The number of nitrogens with one attached hydrogen (secondary N) is 1. The van der Waals surface area contributed by atoms with Gasteiger partial charge in [0.1, 0.15) is 17.3 Å². The van der Waals surface area contributed by atoms with Gasteiger partial charge in [0, 0.05) is 6.07 Å². The van der Waals surface area contributed by atoms with Crippen molar-refractivity contribution in [3.05, 3.63) is 53.8 Å². The summed E-state index contributed by atoms with van der Waals surface area (Å²) in [5, 5.41) is 2.47. The summed E-state index contributed by atoms with van der Waals surface area (Å²) in [6.07, 6.45) is 0. The highest BCUT2D eigenvalue weighted by Crippen LogP contribution is 2.19. The van der Waals surface area contributed by atoms with Crippen LogP contribution in [0.4, 0.5) is 10.1 Å². The smallest absolute Gasteiger partial charge is 0.262 e. The van der Waals surface area contributed by atoms with E-state index >= 15 is 0 Å². The van der Waals surface area contributed by atoms with Crippen LogP contribution in [0, 0.1) is 12.7 Å². The normalized spacial score (nSPS) is 10.0. The highest BCUT2D eigenvalue weighted by molar-refractivity contribution is 5.92. The molecule has 0 radical (unpaired) electrons. The van der Waals surface area contributed by atoms with Gasteiger partial charge in [-0.2, -0.15) is 0 Å². The third kappa shape index (κ3) is 4.21. The minimum Gasteiger partial charge on any atom is -0.497 e. The van der Waals surface area contributed by atoms with E-state index in [0.29, 0.717) is 11.5 Å². The molecular formula is C16H16FNO3. The van der Waals surface area contributed by atoms with Gasteiger partial charge in [-0.15, -0.1) is 0 Å². The molecule has 1 N–H and O–H groups in total. The summed E-state index contributed by atoms with van der Waals surface area (Å²) >= 11 is 0. The number of methoxy groups -OCH3 is 1. The van der Waals surface area contributed by atoms with Crippen molar-refractivity contribution in [2.45, 2.75) is 6.92 Å². The molecule has 0 unspecified atom stereocenters. The number of anilines is 1. The van der Waals surface area contributed by atoms with Crippen LogP contribution < -0.4 is 14.8 Å². The van der Waals surface area contributed by atoms with Crippen LogP contribution >= 0.6 is 0 Å². The number of rotatable bonds is 5. The first-order valence-corrected chi connectivity index (χ1v) is 6.41. The average Bonchev–Trinajstić information content (AvgIpc) is 2.48. The summed E-state index contributed by atoms with van der Waals surface area (Å²) in [5.41, 5.74) is 0.929. The maximum absolute atomic E-state index is 13.6. The van der Waals surface area contributed by atoms with Crippen LogP contribution in [-0.4, -0.2) is 19.6 Å². The zero-order valence-electron chi connectivity index (χ0n) is 11.9. The number of carbonyl (C=O) groups excluding carboxylic acids is 1. The Labute approximate surface area is 122 Å². The molecule has 0 atom stereocenters. The summed E-state index contributed by atoms with van der Waals surface area (Å²) in [4.78, 5) is 11.7. The van der Waals surface area contributed by atoms with Gasteiger partial charge >= 0.3 is 0 Å². The maximum Gasteiger partial charge on any atom is 0.262 e. The zero-order valence-corrected chi connectivity index (χ0v) is 11.9. The molecule has 0 saturated carbocycles. The predicted molar refractivity (Wildman–Crippen MR) is 78.3 cm³/mol. The van der Waals surface area contributed by atoms with E-state index in [9.17, 15) is 9.18 Å². The minimum absolute atomic E-state index is 0.139. The molecule has 4 nitrogen and oxygen atoms in total. The standard InChI is InChI=1S/C16H16FNO3/c1-11-6-7-15(14(17)8-11)18-16(19)10-21-13-5-3-4-12(9-13)20-2/h3-9H,10H2,1-2H3,(H,18,19). The molecule has 21 heavy (non-hydrogen) atoms. The number of halogens is 1. The van der Waals surface area contributed by atoms with Gasteiger partial charge in [0.15, 0.2) is 6.61 Å². The van der Waals surface area contributed by atoms with Crippen LogP contribution in [0.15, 0.2) is 42.5 Å². The number of hydrogen-bond donors (Lipinski definition) is 1. The summed E-state index contributed by atoms with van der Waals surface area (Å²) in [6, 6.07) is 11.5. The number of benzene rings is 2. The fourth-order valence-electron chi connectivity index (χ4n) is 1.75. The molecule has 110 valence electrons. The fraction of sp³-hybridized carbons (Fsp3) is 0.188. The lowest BCUT2D eigenvalue weighted by Crippen LogP contribution is -2.20. The van der Waals surface area contributed by atoms with Gasteiger partial charge in [-0.1, -0.05) is 12.1 Å². The van der Waals surface area contributed by atoms with E-state index in [1.807, 2.05) is 0 Å². The molecule has 2 rings (SSSR count). The van der Waals surface area contributed by atoms with Crippen molar-refractivity contribution >= 4 is 11.6 Å². The van der Waals surface area contributed by atoms with E-state index in [1.165, 1.54) is 12.1 Å². The van der Waals surface area contributed by atoms with Crippen LogP contribution in [0.3, 0.4) is 0 Å². The zero-order chi connectivity index (χ0) is 15.2.